The molecule has 0 saturated heterocycles. The van der Waals surface area contributed by atoms with Crippen LogP contribution in [0.1, 0.15) is 27.2 Å². The second-order valence-corrected chi connectivity index (χ2v) is 4.56. The van der Waals surface area contributed by atoms with Gasteiger partial charge in [-0.2, -0.15) is 0 Å². The molecular formula is C12H16FNO. The zero-order valence-electron chi connectivity index (χ0n) is 9.38. The van der Waals surface area contributed by atoms with Crippen LogP contribution < -0.4 is 0 Å². The number of rotatable bonds is 2. The molecule has 0 aromatic heterocycles. The molecule has 0 saturated carbocycles. The number of halogens is 1. The van der Waals surface area contributed by atoms with E-state index in [1.165, 1.54) is 0 Å². The van der Waals surface area contributed by atoms with Crippen LogP contribution in [-0.4, -0.2) is 18.2 Å². The van der Waals surface area contributed by atoms with Gasteiger partial charge in [-0.3, -0.25) is 9.79 Å². The van der Waals surface area contributed by atoms with Gasteiger partial charge in [-0.15, -0.1) is 0 Å². The zero-order valence-corrected chi connectivity index (χ0v) is 9.38. The maximum absolute atomic E-state index is 12.2. The number of nitrogens with zero attached hydrogens (tertiary/aromatic N) is 1. The van der Waals surface area contributed by atoms with E-state index >= 15 is 0 Å². The first-order valence-corrected chi connectivity index (χ1v) is 4.98. The lowest BCUT2D eigenvalue weighted by molar-refractivity contribution is -0.116. The third-order valence-electron chi connectivity index (χ3n) is 2.31. The standard InChI is InChI=1S/C12H16FNO/c1-12(2,3)11-5-4-9(6-7-14-11)10(15)8-13/h4,6-7H,5,8H2,1-3H3. The van der Waals surface area contributed by atoms with Crippen molar-refractivity contribution in [3.63, 3.8) is 0 Å². The van der Waals surface area contributed by atoms with Crippen molar-refractivity contribution in [2.24, 2.45) is 10.4 Å². The lowest BCUT2D eigenvalue weighted by Gasteiger charge is -2.19. The number of aliphatic imine (C=N–C) groups is 1. The highest BCUT2D eigenvalue weighted by molar-refractivity contribution is 6.01. The number of Topliss-reactive ketones (excluding diaryl/α,β-unsaturated/α-hetero) is 1. The van der Waals surface area contributed by atoms with E-state index in [4.69, 9.17) is 0 Å². The molecule has 1 heterocycles. The molecule has 3 heteroatoms. The molecule has 0 fully saturated rings. The van der Waals surface area contributed by atoms with Crippen molar-refractivity contribution in [3.8, 4) is 0 Å². The Bertz CT molecular complexity index is 345. The van der Waals surface area contributed by atoms with Crippen LogP contribution in [0.5, 0.6) is 0 Å². The molecule has 0 amide bonds. The van der Waals surface area contributed by atoms with Gasteiger partial charge < -0.3 is 0 Å². The molecule has 0 bridgehead atoms. The van der Waals surface area contributed by atoms with Gasteiger partial charge in [0.15, 0.2) is 12.5 Å². The molecule has 82 valence electrons. The predicted molar refractivity (Wildman–Crippen MR) is 59.7 cm³/mol. The first-order valence-electron chi connectivity index (χ1n) is 4.98. The van der Waals surface area contributed by atoms with E-state index in [1.54, 1.807) is 18.4 Å². The second kappa shape index (κ2) is 4.51. The predicted octanol–water partition coefficient (Wildman–Crippen LogP) is 2.86. The number of carbonyl (C=O) groups is 1. The van der Waals surface area contributed by atoms with Crippen molar-refractivity contribution in [2.45, 2.75) is 27.2 Å². The van der Waals surface area contributed by atoms with E-state index in [0.29, 0.717) is 12.0 Å². The van der Waals surface area contributed by atoms with Crippen LogP contribution in [-0.2, 0) is 4.79 Å². The van der Waals surface area contributed by atoms with Gasteiger partial charge in [0.2, 0.25) is 0 Å². The number of hydrogen-bond donors (Lipinski definition) is 0. The highest BCUT2D eigenvalue weighted by Gasteiger charge is 2.19. The van der Waals surface area contributed by atoms with Gasteiger partial charge in [0.25, 0.3) is 0 Å². The van der Waals surface area contributed by atoms with Crippen LogP contribution in [0.2, 0.25) is 0 Å². The Morgan fingerprint density at radius 3 is 2.73 bits per heavy atom. The molecule has 2 nitrogen and oxygen atoms in total. The van der Waals surface area contributed by atoms with Crippen LogP contribution in [0, 0.1) is 5.41 Å². The summed E-state index contributed by atoms with van der Waals surface area (Å²) in [6.07, 6.45) is 5.50. The molecule has 0 aliphatic carbocycles. The summed E-state index contributed by atoms with van der Waals surface area (Å²) >= 11 is 0. The van der Waals surface area contributed by atoms with Gasteiger partial charge in [-0.1, -0.05) is 26.8 Å². The van der Waals surface area contributed by atoms with Gasteiger partial charge in [0.05, 0.1) is 0 Å². The highest BCUT2D eigenvalue weighted by Crippen LogP contribution is 2.21. The molecule has 0 unspecified atom stereocenters. The summed E-state index contributed by atoms with van der Waals surface area (Å²) in [4.78, 5) is 15.4. The van der Waals surface area contributed by atoms with Crippen molar-refractivity contribution in [1.29, 1.82) is 0 Å². The molecule has 0 radical (unpaired) electrons. The zero-order chi connectivity index (χ0) is 11.5. The minimum absolute atomic E-state index is 0.0188. The Balaban J connectivity index is 2.85. The summed E-state index contributed by atoms with van der Waals surface area (Å²) in [6.45, 7) is 5.25. The molecule has 1 aliphatic rings. The SMILES string of the molecule is CC(C)(C)C1=NC=CC(C(=O)CF)=CC1. The summed E-state index contributed by atoms with van der Waals surface area (Å²) < 4.78 is 12.2. The van der Waals surface area contributed by atoms with Crippen molar-refractivity contribution in [2.75, 3.05) is 6.67 Å². The number of carbonyl (C=O) groups excluding carboxylic acids is 1. The van der Waals surface area contributed by atoms with Crippen LogP contribution >= 0.6 is 0 Å². The van der Waals surface area contributed by atoms with Crippen LogP contribution in [0.4, 0.5) is 4.39 Å². The molecule has 0 spiro atoms. The van der Waals surface area contributed by atoms with Crippen molar-refractivity contribution in [3.05, 3.63) is 23.9 Å². The summed E-state index contributed by atoms with van der Waals surface area (Å²) in [5.41, 5.74) is 1.40. The Morgan fingerprint density at radius 2 is 2.20 bits per heavy atom. The van der Waals surface area contributed by atoms with Gasteiger partial charge in [0, 0.05) is 29.3 Å². The summed E-state index contributed by atoms with van der Waals surface area (Å²) in [5.74, 6) is -0.475. The Kier molecular flexibility index (Phi) is 3.56. The fraction of sp³-hybridized carbons (Fsp3) is 0.500. The maximum Gasteiger partial charge on any atom is 0.193 e. The first-order chi connectivity index (χ1) is 6.95. The van der Waals surface area contributed by atoms with Crippen molar-refractivity contribution >= 4 is 11.5 Å². The quantitative estimate of drug-likeness (QED) is 0.687. The Hall–Kier alpha value is -1.25. The lowest BCUT2D eigenvalue weighted by Crippen LogP contribution is -2.19. The van der Waals surface area contributed by atoms with E-state index in [-0.39, 0.29) is 5.41 Å². The molecule has 15 heavy (non-hydrogen) atoms. The fourth-order valence-corrected chi connectivity index (χ4v) is 1.32. The van der Waals surface area contributed by atoms with Crippen molar-refractivity contribution in [1.82, 2.24) is 0 Å². The second-order valence-electron chi connectivity index (χ2n) is 4.56. The van der Waals surface area contributed by atoms with Crippen LogP contribution in [0.3, 0.4) is 0 Å². The van der Waals surface area contributed by atoms with E-state index in [1.807, 2.05) is 0 Å². The molecular weight excluding hydrogens is 193 g/mol. The largest absolute Gasteiger partial charge is 0.291 e. The van der Waals surface area contributed by atoms with E-state index in [2.05, 4.69) is 25.8 Å². The fourth-order valence-electron chi connectivity index (χ4n) is 1.32. The first kappa shape index (κ1) is 11.8. The molecule has 1 rings (SSSR count). The van der Waals surface area contributed by atoms with Crippen molar-refractivity contribution < 1.29 is 9.18 Å². The molecule has 0 N–H and O–H groups in total. The van der Waals surface area contributed by atoms with Gasteiger partial charge >= 0.3 is 0 Å². The number of ketones is 1. The van der Waals surface area contributed by atoms with Crippen LogP contribution in [0.15, 0.2) is 28.9 Å². The van der Waals surface area contributed by atoms with Gasteiger partial charge in [-0.05, 0) is 6.08 Å². The average molecular weight is 209 g/mol. The number of allylic oxidation sites excluding steroid dienone is 3. The smallest absolute Gasteiger partial charge is 0.193 e. The van der Waals surface area contributed by atoms with Crippen LogP contribution in [0.25, 0.3) is 0 Å². The highest BCUT2D eigenvalue weighted by atomic mass is 19.1. The Labute approximate surface area is 89.6 Å². The third-order valence-corrected chi connectivity index (χ3v) is 2.31. The number of alkyl halides is 1. The van der Waals surface area contributed by atoms with E-state index in [9.17, 15) is 9.18 Å². The summed E-state index contributed by atoms with van der Waals surface area (Å²) in [6, 6.07) is 0. The lowest BCUT2D eigenvalue weighted by atomic mass is 9.87. The average Bonchev–Trinajstić information content (AvgIpc) is 2.40. The minimum atomic E-state index is -0.943. The van der Waals surface area contributed by atoms with Gasteiger partial charge in [0.1, 0.15) is 0 Å². The molecule has 0 aromatic rings. The molecule has 0 aromatic carbocycles. The normalized spacial score (nSPS) is 16.8. The summed E-state index contributed by atoms with van der Waals surface area (Å²) in [7, 11) is 0. The monoisotopic (exact) mass is 209 g/mol. The number of hydrogen-bond acceptors (Lipinski definition) is 2. The summed E-state index contributed by atoms with van der Waals surface area (Å²) in [5, 5.41) is 0. The topological polar surface area (TPSA) is 29.4 Å². The Morgan fingerprint density at radius 1 is 1.53 bits per heavy atom. The molecule has 1 aliphatic heterocycles. The maximum atomic E-state index is 12.2. The van der Waals surface area contributed by atoms with Gasteiger partial charge in [-0.25, -0.2) is 4.39 Å². The minimum Gasteiger partial charge on any atom is -0.291 e. The van der Waals surface area contributed by atoms with E-state index < -0.39 is 12.5 Å². The third kappa shape index (κ3) is 3.11. The van der Waals surface area contributed by atoms with E-state index in [0.717, 1.165) is 5.71 Å². The molecule has 0 atom stereocenters.